The molecule has 0 saturated heterocycles. The fraction of sp³-hybridized carbons (Fsp3) is 0.803. The maximum Gasteiger partial charge on any atom is 0.306 e. The molecule has 3 N–H and O–H groups in total. The quantitative estimate of drug-likeness (QED) is 0.0321. The summed E-state index contributed by atoms with van der Waals surface area (Å²) in [4.78, 5) is 26.3. The van der Waals surface area contributed by atoms with Gasteiger partial charge < -0.3 is 20.3 Å². The number of aliphatic hydroxyl groups excluding tert-OH is 2. The second kappa shape index (κ2) is 54.5. The lowest BCUT2D eigenvalue weighted by molar-refractivity contribution is -0.151. The van der Waals surface area contributed by atoms with Crippen LogP contribution in [0.15, 0.2) is 60.8 Å². The Morgan fingerprint density at radius 3 is 1.19 bits per heavy atom. The van der Waals surface area contributed by atoms with E-state index in [1.54, 1.807) is 0 Å². The Morgan fingerprint density at radius 2 is 0.761 bits per heavy atom. The SMILES string of the molecule is CCCCC/C=C\C/C=C\C/C=C\C/C=C\CCCCCC(=O)OC(CCCCCCC/C=C/CCCCCCCC)CC(=O)NC(CO)C(O)CCCCCCCCCCCCCCCC. The van der Waals surface area contributed by atoms with Crippen molar-refractivity contribution in [2.45, 2.75) is 309 Å². The van der Waals surface area contributed by atoms with Crippen LogP contribution in [-0.4, -0.2) is 46.9 Å². The van der Waals surface area contributed by atoms with Gasteiger partial charge in [0.15, 0.2) is 0 Å². The predicted molar refractivity (Wildman–Crippen MR) is 292 cm³/mol. The molecule has 0 spiro atoms. The molecule has 0 aliphatic rings. The van der Waals surface area contributed by atoms with Crippen molar-refractivity contribution in [1.82, 2.24) is 5.32 Å². The first-order valence-corrected chi connectivity index (χ1v) is 29.0. The lowest BCUT2D eigenvalue weighted by Gasteiger charge is -2.24. The molecule has 0 aromatic rings. The summed E-state index contributed by atoms with van der Waals surface area (Å²) in [5, 5.41) is 23.9. The molecule has 6 heteroatoms. The van der Waals surface area contributed by atoms with E-state index in [1.807, 2.05) is 0 Å². The van der Waals surface area contributed by atoms with Gasteiger partial charge in [0.25, 0.3) is 0 Å². The molecule has 67 heavy (non-hydrogen) atoms. The van der Waals surface area contributed by atoms with Crippen molar-refractivity contribution >= 4 is 11.9 Å². The Morgan fingerprint density at radius 1 is 0.433 bits per heavy atom. The molecule has 1 amide bonds. The van der Waals surface area contributed by atoms with Crippen LogP contribution in [0.25, 0.3) is 0 Å². The van der Waals surface area contributed by atoms with Gasteiger partial charge in [-0.25, -0.2) is 0 Å². The summed E-state index contributed by atoms with van der Waals surface area (Å²) in [7, 11) is 0. The van der Waals surface area contributed by atoms with Gasteiger partial charge in [-0.3, -0.25) is 9.59 Å². The zero-order valence-electron chi connectivity index (χ0n) is 44.5. The number of amides is 1. The molecule has 0 rings (SSSR count). The molecule has 0 saturated carbocycles. The Labute approximate surface area is 416 Å². The van der Waals surface area contributed by atoms with E-state index >= 15 is 0 Å². The van der Waals surface area contributed by atoms with E-state index in [4.69, 9.17) is 4.74 Å². The third-order valence-electron chi connectivity index (χ3n) is 13.1. The van der Waals surface area contributed by atoms with Crippen molar-refractivity contribution < 1.29 is 24.5 Å². The van der Waals surface area contributed by atoms with Crippen LogP contribution >= 0.6 is 0 Å². The smallest absolute Gasteiger partial charge is 0.306 e. The van der Waals surface area contributed by atoms with Gasteiger partial charge in [-0.1, -0.05) is 242 Å². The molecular formula is C61H111NO5. The maximum atomic E-state index is 13.3. The lowest BCUT2D eigenvalue weighted by Crippen LogP contribution is -2.46. The summed E-state index contributed by atoms with van der Waals surface area (Å²) in [6.45, 7) is 6.46. The topological polar surface area (TPSA) is 95.9 Å². The van der Waals surface area contributed by atoms with Gasteiger partial charge in [-0.15, -0.1) is 0 Å². The van der Waals surface area contributed by atoms with Gasteiger partial charge in [0.1, 0.15) is 6.10 Å². The van der Waals surface area contributed by atoms with Crippen LogP contribution in [0.3, 0.4) is 0 Å². The van der Waals surface area contributed by atoms with Crippen molar-refractivity contribution in [2.24, 2.45) is 0 Å². The van der Waals surface area contributed by atoms with Crippen LogP contribution in [0.5, 0.6) is 0 Å². The highest BCUT2D eigenvalue weighted by Gasteiger charge is 2.24. The number of aliphatic hydroxyl groups is 2. The average molecular weight is 939 g/mol. The largest absolute Gasteiger partial charge is 0.462 e. The summed E-state index contributed by atoms with van der Waals surface area (Å²) in [6.07, 6.45) is 68.5. The summed E-state index contributed by atoms with van der Waals surface area (Å²) >= 11 is 0. The van der Waals surface area contributed by atoms with E-state index < -0.39 is 18.2 Å². The van der Waals surface area contributed by atoms with Crippen molar-refractivity contribution in [2.75, 3.05) is 6.61 Å². The highest BCUT2D eigenvalue weighted by atomic mass is 16.5. The number of hydrogen-bond donors (Lipinski definition) is 3. The first kappa shape index (κ1) is 64.6. The van der Waals surface area contributed by atoms with Crippen molar-refractivity contribution in [1.29, 1.82) is 0 Å². The number of nitrogens with one attached hydrogen (secondary N) is 1. The summed E-state index contributed by atoms with van der Waals surface area (Å²) in [6, 6.07) is -0.713. The molecule has 0 heterocycles. The minimum absolute atomic E-state index is 0.0588. The molecule has 0 fully saturated rings. The lowest BCUT2D eigenvalue weighted by atomic mass is 10.0. The van der Waals surface area contributed by atoms with Gasteiger partial charge >= 0.3 is 5.97 Å². The number of esters is 1. The van der Waals surface area contributed by atoms with Crippen molar-refractivity contribution in [3.8, 4) is 0 Å². The Bertz CT molecular complexity index is 1190. The predicted octanol–water partition coefficient (Wildman–Crippen LogP) is 18.0. The van der Waals surface area contributed by atoms with Gasteiger partial charge in [0.05, 0.1) is 25.2 Å². The molecule has 0 bridgehead atoms. The fourth-order valence-electron chi connectivity index (χ4n) is 8.64. The zero-order chi connectivity index (χ0) is 48.8. The van der Waals surface area contributed by atoms with Crippen molar-refractivity contribution in [3.63, 3.8) is 0 Å². The molecule has 0 aliphatic heterocycles. The standard InChI is InChI=1S/C61H111NO5/c1-4-7-10-13-16-19-22-25-28-29-30-31-33-36-39-42-45-48-51-54-61(66)67-57(52-49-46-43-40-37-34-32-26-23-20-17-14-11-8-5-2)55-60(65)62-58(56-63)59(64)53-50-47-44-41-38-35-27-24-21-18-15-12-9-6-3/h16,19,25-26,28,30-32,36,39,57-59,63-64H,4-15,17-18,20-24,27,29,33-35,37-38,40-56H2,1-3H3,(H,62,65)/b19-16-,28-25-,31-30-,32-26+,39-36-. The number of hydrogen-bond acceptors (Lipinski definition) is 5. The highest BCUT2D eigenvalue weighted by Crippen LogP contribution is 2.18. The van der Waals surface area contributed by atoms with Crippen LogP contribution in [0.4, 0.5) is 0 Å². The first-order chi connectivity index (χ1) is 33.0. The summed E-state index contributed by atoms with van der Waals surface area (Å²) in [5.74, 6) is -0.511. The second-order valence-electron chi connectivity index (χ2n) is 19.7. The minimum Gasteiger partial charge on any atom is -0.462 e. The maximum absolute atomic E-state index is 13.3. The number of carbonyl (C=O) groups is 2. The van der Waals surface area contributed by atoms with Gasteiger partial charge in [-0.05, 0) is 96.3 Å². The summed E-state index contributed by atoms with van der Waals surface area (Å²) in [5.41, 5.74) is 0. The average Bonchev–Trinajstić information content (AvgIpc) is 3.32. The van der Waals surface area contributed by atoms with Crippen LogP contribution in [0.1, 0.15) is 290 Å². The molecule has 390 valence electrons. The first-order valence-electron chi connectivity index (χ1n) is 29.0. The van der Waals surface area contributed by atoms with Gasteiger partial charge in [0.2, 0.25) is 5.91 Å². The number of allylic oxidation sites excluding steroid dienone is 10. The molecule has 0 aromatic heterocycles. The van der Waals surface area contributed by atoms with Gasteiger partial charge in [0, 0.05) is 6.42 Å². The van der Waals surface area contributed by atoms with E-state index in [-0.39, 0.29) is 24.9 Å². The third-order valence-corrected chi connectivity index (χ3v) is 13.1. The van der Waals surface area contributed by atoms with Crippen LogP contribution < -0.4 is 5.32 Å². The molecule has 3 unspecified atom stereocenters. The van der Waals surface area contributed by atoms with Crippen LogP contribution in [0.2, 0.25) is 0 Å². The van der Waals surface area contributed by atoms with E-state index in [0.29, 0.717) is 19.3 Å². The Balaban J connectivity index is 4.62. The van der Waals surface area contributed by atoms with Crippen LogP contribution in [-0.2, 0) is 14.3 Å². The number of rotatable bonds is 52. The molecular weight excluding hydrogens is 827 g/mol. The zero-order valence-corrected chi connectivity index (χ0v) is 44.5. The summed E-state index contributed by atoms with van der Waals surface area (Å²) < 4.78 is 5.95. The number of carbonyl (C=O) groups excluding carboxylic acids is 2. The normalized spacial score (nSPS) is 13.6. The Kier molecular flexibility index (Phi) is 52.5. The van der Waals surface area contributed by atoms with E-state index in [1.165, 1.54) is 154 Å². The number of ether oxygens (including phenoxy) is 1. The van der Waals surface area contributed by atoms with Crippen molar-refractivity contribution in [3.05, 3.63) is 60.8 Å². The molecule has 3 atom stereocenters. The highest BCUT2D eigenvalue weighted by molar-refractivity contribution is 5.77. The van der Waals surface area contributed by atoms with E-state index in [0.717, 1.165) is 89.9 Å². The third kappa shape index (κ3) is 49.8. The van der Waals surface area contributed by atoms with E-state index in [2.05, 4.69) is 86.8 Å². The van der Waals surface area contributed by atoms with Crippen LogP contribution in [0, 0.1) is 0 Å². The van der Waals surface area contributed by atoms with E-state index in [9.17, 15) is 19.8 Å². The number of unbranched alkanes of at least 4 members (excludes halogenated alkanes) is 30. The molecule has 0 aromatic carbocycles. The minimum atomic E-state index is -0.797. The second-order valence-corrected chi connectivity index (χ2v) is 19.7. The molecule has 6 nitrogen and oxygen atoms in total. The Hall–Kier alpha value is -2.44. The van der Waals surface area contributed by atoms with Gasteiger partial charge in [-0.2, -0.15) is 0 Å². The molecule has 0 radical (unpaired) electrons. The fourth-order valence-corrected chi connectivity index (χ4v) is 8.64. The monoisotopic (exact) mass is 938 g/mol. The molecule has 0 aliphatic carbocycles.